The van der Waals surface area contributed by atoms with Crippen molar-refractivity contribution in [2.24, 2.45) is 0 Å². The van der Waals surface area contributed by atoms with E-state index in [-0.39, 0.29) is 17.2 Å². The molecule has 0 radical (unpaired) electrons. The fourth-order valence-electron chi connectivity index (χ4n) is 1.36. The Labute approximate surface area is 102 Å². The lowest BCUT2D eigenvalue weighted by molar-refractivity contribution is 0.102. The van der Waals surface area contributed by atoms with Gasteiger partial charge in [0.2, 0.25) is 0 Å². The zero-order valence-electron chi connectivity index (χ0n) is 9.14. The molecule has 2 rings (SSSR count). The topological polar surface area (TPSA) is 58.6 Å². The molecule has 88 valence electrons. The minimum absolute atomic E-state index is 0.0708. The highest BCUT2D eigenvalue weighted by atomic mass is 32.1. The van der Waals surface area contributed by atoms with E-state index in [1.54, 1.807) is 12.1 Å². The van der Waals surface area contributed by atoms with Gasteiger partial charge in [0.1, 0.15) is 11.5 Å². The van der Waals surface area contributed by atoms with Crippen molar-refractivity contribution in [3.05, 3.63) is 40.6 Å². The summed E-state index contributed by atoms with van der Waals surface area (Å²) in [5.41, 5.74) is 0.901. The standard InChI is InChI=1S/C12H11NO3S/c1-16-9-2-3-11(14)10(6-9)12(15)13-8-4-5-17-7-8/h2-7,14H,1H3,(H,13,15). The Morgan fingerprint density at radius 3 is 2.88 bits per heavy atom. The number of aromatic hydroxyl groups is 1. The van der Waals surface area contributed by atoms with Crippen molar-refractivity contribution in [2.75, 3.05) is 12.4 Å². The average molecular weight is 249 g/mol. The Morgan fingerprint density at radius 1 is 1.41 bits per heavy atom. The molecule has 1 heterocycles. The van der Waals surface area contributed by atoms with Crippen molar-refractivity contribution in [1.29, 1.82) is 0 Å². The molecular formula is C12H11NO3S. The summed E-state index contributed by atoms with van der Waals surface area (Å²) in [4.78, 5) is 11.9. The smallest absolute Gasteiger partial charge is 0.259 e. The molecule has 1 aromatic carbocycles. The average Bonchev–Trinajstić information content (AvgIpc) is 2.82. The normalized spacial score (nSPS) is 9.94. The molecule has 17 heavy (non-hydrogen) atoms. The van der Waals surface area contributed by atoms with Crippen LogP contribution in [0.5, 0.6) is 11.5 Å². The first-order valence-corrected chi connectivity index (χ1v) is 5.85. The van der Waals surface area contributed by atoms with Crippen LogP contribution in [0.3, 0.4) is 0 Å². The van der Waals surface area contributed by atoms with Crippen molar-refractivity contribution in [3.63, 3.8) is 0 Å². The Bertz CT molecular complexity index is 523. The van der Waals surface area contributed by atoms with E-state index < -0.39 is 0 Å². The highest BCUT2D eigenvalue weighted by Gasteiger charge is 2.12. The summed E-state index contributed by atoms with van der Waals surface area (Å²) < 4.78 is 5.01. The zero-order valence-corrected chi connectivity index (χ0v) is 9.95. The molecule has 0 atom stereocenters. The highest BCUT2D eigenvalue weighted by Crippen LogP contribution is 2.24. The quantitative estimate of drug-likeness (QED) is 0.879. The maximum absolute atomic E-state index is 11.9. The molecule has 0 spiro atoms. The Balaban J connectivity index is 2.24. The maximum Gasteiger partial charge on any atom is 0.259 e. The van der Waals surface area contributed by atoms with Gasteiger partial charge in [-0.05, 0) is 29.6 Å². The molecule has 0 aliphatic heterocycles. The Kier molecular flexibility index (Phi) is 3.30. The second-order valence-corrected chi connectivity index (χ2v) is 4.13. The van der Waals surface area contributed by atoms with Crippen LogP contribution in [0.15, 0.2) is 35.0 Å². The molecule has 1 amide bonds. The third-order valence-electron chi connectivity index (χ3n) is 2.23. The summed E-state index contributed by atoms with van der Waals surface area (Å²) in [6.07, 6.45) is 0. The lowest BCUT2D eigenvalue weighted by atomic mass is 10.1. The van der Waals surface area contributed by atoms with Gasteiger partial charge in [0.25, 0.3) is 5.91 Å². The first kappa shape index (κ1) is 11.5. The number of carbonyl (C=O) groups excluding carboxylic acids is 1. The molecule has 1 aromatic heterocycles. The maximum atomic E-state index is 11.9. The zero-order chi connectivity index (χ0) is 12.3. The number of hydrogen-bond donors (Lipinski definition) is 2. The van der Waals surface area contributed by atoms with Crippen LogP contribution in [0.1, 0.15) is 10.4 Å². The van der Waals surface area contributed by atoms with Gasteiger partial charge in [-0.15, -0.1) is 0 Å². The predicted molar refractivity (Wildman–Crippen MR) is 66.9 cm³/mol. The molecule has 2 N–H and O–H groups in total. The lowest BCUT2D eigenvalue weighted by Crippen LogP contribution is -2.11. The van der Waals surface area contributed by atoms with E-state index in [4.69, 9.17) is 4.74 Å². The predicted octanol–water partition coefficient (Wildman–Crippen LogP) is 2.71. The van der Waals surface area contributed by atoms with E-state index in [1.807, 2.05) is 10.8 Å². The summed E-state index contributed by atoms with van der Waals surface area (Å²) in [6.45, 7) is 0. The minimum atomic E-state index is -0.361. The molecule has 0 bridgehead atoms. The molecule has 5 heteroatoms. The van der Waals surface area contributed by atoms with E-state index in [0.717, 1.165) is 0 Å². The first-order valence-electron chi connectivity index (χ1n) is 4.91. The van der Waals surface area contributed by atoms with Gasteiger partial charge in [-0.3, -0.25) is 4.79 Å². The molecule has 0 saturated heterocycles. The van der Waals surface area contributed by atoms with E-state index in [1.165, 1.54) is 30.6 Å². The van der Waals surface area contributed by atoms with Gasteiger partial charge >= 0.3 is 0 Å². The number of amides is 1. The van der Waals surface area contributed by atoms with Gasteiger partial charge in [-0.25, -0.2) is 0 Å². The largest absolute Gasteiger partial charge is 0.507 e. The molecule has 0 aliphatic rings. The fourth-order valence-corrected chi connectivity index (χ4v) is 1.95. The van der Waals surface area contributed by atoms with Crippen LogP contribution < -0.4 is 10.1 Å². The third kappa shape index (κ3) is 2.57. The van der Waals surface area contributed by atoms with E-state index in [9.17, 15) is 9.90 Å². The highest BCUT2D eigenvalue weighted by molar-refractivity contribution is 7.08. The van der Waals surface area contributed by atoms with Crippen LogP contribution >= 0.6 is 11.3 Å². The van der Waals surface area contributed by atoms with Gasteiger partial charge in [-0.1, -0.05) is 0 Å². The summed E-state index contributed by atoms with van der Waals surface area (Å²) in [5, 5.41) is 16.0. The fraction of sp³-hybridized carbons (Fsp3) is 0.0833. The molecule has 2 aromatic rings. The van der Waals surface area contributed by atoms with Crippen molar-refractivity contribution in [3.8, 4) is 11.5 Å². The van der Waals surface area contributed by atoms with Gasteiger partial charge in [-0.2, -0.15) is 11.3 Å². The number of methoxy groups -OCH3 is 1. The van der Waals surface area contributed by atoms with Crippen LogP contribution in [0.25, 0.3) is 0 Å². The van der Waals surface area contributed by atoms with E-state index >= 15 is 0 Å². The number of rotatable bonds is 3. The summed E-state index contributed by atoms with van der Waals surface area (Å²) >= 11 is 1.49. The number of ether oxygens (including phenoxy) is 1. The van der Waals surface area contributed by atoms with Crippen LogP contribution in [0, 0.1) is 0 Å². The molecule has 0 fully saturated rings. The summed E-state index contributed by atoms with van der Waals surface area (Å²) in [7, 11) is 1.51. The Morgan fingerprint density at radius 2 is 2.24 bits per heavy atom. The van der Waals surface area contributed by atoms with Crippen molar-refractivity contribution in [2.45, 2.75) is 0 Å². The minimum Gasteiger partial charge on any atom is -0.507 e. The van der Waals surface area contributed by atoms with Gasteiger partial charge in [0.15, 0.2) is 0 Å². The number of carbonyl (C=O) groups is 1. The molecule has 0 saturated carbocycles. The van der Waals surface area contributed by atoms with Crippen LogP contribution in [0.2, 0.25) is 0 Å². The monoisotopic (exact) mass is 249 g/mol. The number of hydrogen-bond acceptors (Lipinski definition) is 4. The summed E-state index contributed by atoms with van der Waals surface area (Å²) in [5.74, 6) is 0.0941. The molecular weight excluding hydrogens is 238 g/mol. The number of anilines is 1. The number of phenolic OH excluding ortho intramolecular Hbond substituents is 1. The molecule has 4 nitrogen and oxygen atoms in total. The number of nitrogens with one attached hydrogen (secondary N) is 1. The van der Waals surface area contributed by atoms with Gasteiger partial charge in [0.05, 0.1) is 18.4 Å². The van der Waals surface area contributed by atoms with Crippen LogP contribution in [-0.4, -0.2) is 18.1 Å². The molecule has 0 unspecified atom stereocenters. The van der Waals surface area contributed by atoms with Crippen molar-refractivity contribution < 1.29 is 14.6 Å². The lowest BCUT2D eigenvalue weighted by Gasteiger charge is -2.07. The van der Waals surface area contributed by atoms with Crippen molar-refractivity contribution >= 4 is 22.9 Å². The van der Waals surface area contributed by atoms with E-state index in [2.05, 4.69) is 5.32 Å². The number of benzene rings is 1. The molecule has 0 aliphatic carbocycles. The first-order chi connectivity index (χ1) is 8.20. The second kappa shape index (κ2) is 4.88. The van der Waals surface area contributed by atoms with Gasteiger partial charge in [0, 0.05) is 5.38 Å². The Hall–Kier alpha value is -2.01. The second-order valence-electron chi connectivity index (χ2n) is 3.35. The van der Waals surface area contributed by atoms with E-state index in [0.29, 0.717) is 11.4 Å². The SMILES string of the molecule is COc1ccc(O)c(C(=O)Nc2ccsc2)c1. The van der Waals surface area contributed by atoms with Crippen LogP contribution in [0.4, 0.5) is 5.69 Å². The number of thiophene rings is 1. The number of phenols is 1. The van der Waals surface area contributed by atoms with Gasteiger partial charge < -0.3 is 15.2 Å². The van der Waals surface area contributed by atoms with Crippen molar-refractivity contribution in [1.82, 2.24) is 0 Å². The summed E-state index contributed by atoms with van der Waals surface area (Å²) in [6, 6.07) is 6.31. The third-order valence-corrected chi connectivity index (χ3v) is 2.91. The van der Waals surface area contributed by atoms with Crippen LogP contribution in [-0.2, 0) is 0 Å².